The molecule has 12 heavy (non-hydrogen) atoms. The molecule has 0 amide bonds. The van der Waals surface area contributed by atoms with Crippen LogP contribution < -0.4 is 5.73 Å². The number of rotatable bonds is 8. The summed E-state index contributed by atoms with van der Waals surface area (Å²) in [5, 5.41) is 8.33. The van der Waals surface area contributed by atoms with Crippen LogP contribution >= 0.6 is 11.8 Å². The van der Waals surface area contributed by atoms with Crippen molar-refractivity contribution in [3.63, 3.8) is 0 Å². The number of carbonyl (C=O) groups is 1. The lowest BCUT2D eigenvalue weighted by Gasteiger charge is -1.98. The Morgan fingerprint density at radius 1 is 1.25 bits per heavy atom. The zero-order valence-electron chi connectivity index (χ0n) is 7.29. The number of hydrogen-bond donors (Lipinski definition) is 2. The van der Waals surface area contributed by atoms with Crippen molar-refractivity contribution in [2.75, 3.05) is 18.1 Å². The van der Waals surface area contributed by atoms with Crippen LogP contribution in [0.4, 0.5) is 0 Å². The Kier molecular flexibility index (Phi) is 8.71. The molecule has 0 radical (unpaired) electrons. The predicted molar refractivity (Wildman–Crippen MR) is 52.5 cm³/mol. The summed E-state index contributed by atoms with van der Waals surface area (Å²) in [6.45, 7) is 0.760. The van der Waals surface area contributed by atoms with Gasteiger partial charge in [0.1, 0.15) is 0 Å². The highest BCUT2D eigenvalue weighted by molar-refractivity contribution is 7.99. The van der Waals surface area contributed by atoms with E-state index in [9.17, 15) is 4.79 Å². The van der Waals surface area contributed by atoms with Gasteiger partial charge in [0.15, 0.2) is 0 Å². The zero-order valence-corrected chi connectivity index (χ0v) is 8.11. The summed E-state index contributed by atoms with van der Waals surface area (Å²) in [4.78, 5) is 10.1. The van der Waals surface area contributed by atoms with E-state index in [-0.39, 0.29) is 0 Å². The Labute approximate surface area is 77.7 Å². The monoisotopic (exact) mass is 191 g/mol. The van der Waals surface area contributed by atoms with Gasteiger partial charge in [-0.3, -0.25) is 4.79 Å². The van der Waals surface area contributed by atoms with Crippen LogP contribution in [0, 0.1) is 0 Å². The minimum atomic E-state index is -0.697. The summed E-state index contributed by atoms with van der Waals surface area (Å²) in [6.07, 6.45) is 3.30. The Balaban J connectivity index is 2.86. The minimum Gasteiger partial charge on any atom is -0.481 e. The normalized spacial score (nSPS) is 10.1. The predicted octanol–water partition coefficient (Wildman–Crippen LogP) is 1.32. The van der Waals surface area contributed by atoms with Crippen molar-refractivity contribution in [2.24, 2.45) is 5.73 Å². The van der Waals surface area contributed by atoms with Crippen LogP contribution in [0.15, 0.2) is 0 Å². The second-order valence-corrected chi connectivity index (χ2v) is 3.83. The average Bonchev–Trinajstić information content (AvgIpc) is 2.02. The number of thioether (sulfide) groups is 1. The van der Waals surface area contributed by atoms with Crippen LogP contribution in [0.1, 0.15) is 25.7 Å². The van der Waals surface area contributed by atoms with Crippen LogP contribution in [0.2, 0.25) is 0 Å². The van der Waals surface area contributed by atoms with Crippen molar-refractivity contribution < 1.29 is 9.90 Å². The summed E-state index contributed by atoms with van der Waals surface area (Å²) < 4.78 is 0. The van der Waals surface area contributed by atoms with Crippen molar-refractivity contribution >= 4 is 17.7 Å². The first kappa shape index (κ1) is 11.8. The molecule has 0 saturated heterocycles. The fraction of sp³-hybridized carbons (Fsp3) is 0.875. The third kappa shape index (κ3) is 9.78. The molecule has 0 aliphatic carbocycles. The Bertz CT molecular complexity index is 120. The van der Waals surface area contributed by atoms with Crippen molar-refractivity contribution in [1.82, 2.24) is 0 Å². The lowest BCUT2D eigenvalue weighted by atomic mass is 10.3. The van der Waals surface area contributed by atoms with Crippen LogP contribution in [-0.2, 0) is 4.79 Å². The molecule has 0 aliphatic rings. The maximum atomic E-state index is 10.1. The molecule has 0 aliphatic heterocycles. The molecular formula is C8H17NO2S. The van der Waals surface area contributed by atoms with E-state index in [1.54, 1.807) is 0 Å². The lowest BCUT2D eigenvalue weighted by Crippen LogP contribution is -1.99. The molecular weight excluding hydrogens is 174 g/mol. The van der Waals surface area contributed by atoms with Crippen molar-refractivity contribution in [3.05, 3.63) is 0 Å². The van der Waals surface area contributed by atoms with Gasteiger partial charge in [-0.05, 0) is 37.3 Å². The van der Waals surface area contributed by atoms with Crippen LogP contribution in [-0.4, -0.2) is 29.1 Å². The standard InChI is InChI=1S/C8H17NO2S/c9-5-1-2-6-12-7-3-4-8(10)11/h1-7,9H2,(H,10,11). The van der Waals surface area contributed by atoms with Gasteiger partial charge in [0.25, 0.3) is 0 Å². The molecule has 0 bridgehead atoms. The van der Waals surface area contributed by atoms with E-state index in [1.807, 2.05) is 11.8 Å². The summed E-state index contributed by atoms with van der Waals surface area (Å²) >= 11 is 1.82. The molecule has 3 N–H and O–H groups in total. The topological polar surface area (TPSA) is 63.3 Å². The molecule has 72 valence electrons. The zero-order chi connectivity index (χ0) is 9.23. The first-order valence-corrected chi connectivity index (χ1v) is 5.42. The molecule has 0 aromatic heterocycles. The van der Waals surface area contributed by atoms with E-state index in [4.69, 9.17) is 10.8 Å². The first-order valence-electron chi connectivity index (χ1n) is 4.27. The lowest BCUT2D eigenvalue weighted by molar-refractivity contribution is -0.137. The Hall–Kier alpha value is -0.220. The molecule has 3 nitrogen and oxygen atoms in total. The molecule has 0 aromatic rings. The highest BCUT2D eigenvalue weighted by Crippen LogP contribution is 2.07. The molecule has 4 heteroatoms. The largest absolute Gasteiger partial charge is 0.481 e. The maximum Gasteiger partial charge on any atom is 0.303 e. The van der Waals surface area contributed by atoms with Crippen molar-refractivity contribution in [1.29, 1.82) is 0 Å². The van der Waals surface area contributed by atoms with Gasteiger partial charge in [-0.2, -0.15) is 11.8 Å². The number of aliphatic carboxylic acids is 1. The van der Waals surface area contributed by atoms with Gasteiger partial charge in [-0.1, -0.05) is 0 Å². The van der Waals surface area contributed by atoms with Gasteiger partial charge in [-0.25, -0.2) is 0 Å². The van der Waals surface area contributed by atoms with Gasteiger partial charge in [0, 0.05) is 6.42 Å². The second-order valence-electron chi connectivity index (χ2n) is 2.61. The highest BCUT2D eigenvalue weighted by Gasteiger charge is 1.95. The minimum absolute atomic E-state index is 0.296. The third-order valence-electron chi connectivity index (χ3n) is 1.42. The number of hydrogen-bond acceptors (Lipinski definition) is 3. The van der Waals surface area contributed by atoms with Crippen LogP contribution in [0.25, 0.3) is 0 Å². The van der Waals surface area contributed by atoms with E-state index in [2.05, 4.69) is 0 Å². The molecule has 0 fully saturated rings. The summed E-state index contributed by atoms with van der Waals surface area (Å²) in [5.41, 5.74) is 5.32. The third-order valence-corrected chi connectivity index (χ3v) is 2.58. The van der Waals surface area contributed by atoms with Gasteiger partial charge in [-0.15, -0.1) is 0 Å². The SMILES string of the molecule is NCCCCSCCCC(=O)O. The second kappa shape index (κ2) is 8.87. The van der Waals surface area contributed by atoms with E-state index < -0.39 is 5.97 Å². The van der Waals surface area contributed by atoms with Crippen molar-refractivity contribution in [2.45, 2.75) is 25.7 Å². The Morgan fingerprint density at radius 2 is 1.92 bits per heavy atom. The molecule has 0 aromatic carbocycles. The first-order chi connectivity index (χ1) is 5.77. The van der Waals surface area contributed by atoms with Gasteiger partial charge in [0.2, 0.25) is 0 Å². The summed E-state index contributed by atoms with van der Waals surface area (Å²) in [6, 6.07) is 0. The molecule has 0 atom stereocenters. The van der Waals surface area contributed by atoms with E-state index >= 15 is 0 Å². The molecule has 0 unspecified atom stereocenters. The fourth-order valence-corrected chi connectivity index (χ4v) is 1.74. The molecule has 0 heterocycles. The maximum absolute atomic E-state index is 10.1. The van der Waals surface area contributed by atoms with Gasteiger partial charge >= 0.3 is 5.97 Å². The highest BCUT2D eigenvalue weighted by atomic mass is 32.2. The molecule has 0 rings (SSSR count). The molecule has 0 saturated carbocycles. The van der Waals surface area contributed by atoms with E-state index in [0.29, 0.717) is 6.42 Å². The van der Waals surface area contributed by atoms with Crippen LogP contribution in [0.3, 0.4) is 0 Å². The van der Waals surface area contributed by atoms with Gasteiger partial charge < -0.3 is 10.8 Å². The van der Waals surface area contributed by atoms with E-state index in [1.165, 1.54) is 0 Å². The fourth-order valence-electron chi connectivity index (χ4n) is 0.776. The van der Waals surface area contributed by atoms with Gasteiger partial charge in [0.05, 0.1) is 0 Å². The van der Waals surface area contributed by atoms with Crippen molar-refractivity contribution in [3.8, 4) is 0 Å². The summed E-state index contributed by atoms with van der Waals surface area (Å²) in [5.74, 6) is 1.37. The Morgan fingerprint density at radius 3 is 2.50 bits per heavy atom. The van der Waals surface area contributed by atoms with E-state index in [0.717, 1.165) is 37.3 Å². The van der Waals surface area contributed by atoms with Crippen LogP contribution in [0.5, 0.6) is 0 Å². The number of carboxylic acids is 1. The molecule has 0 spiro atoms. The number of nitrogens with two attached hydrogens (primary N) is 1. The number of unbranched alkanes of at least 4 members (excludes halogenated alkanes) is 1. The number of carboxylic acid groups (broad SMARTS) is 1. The summed E-state index contributed by atoms with van der Waals surface area (Å²) in [7, 11) is 0. The average molecular weight is 191 g/mol. The quantitative estimate of drug-likeness (QED) is 0.568. The smallest absolute Gasteiger partial charge is 0.303 e.